The van der Waals surface area contributed by atoms with Gasteiger partial charge in [-0.2, -0.15) is 37.0 Å². The number of carboxylic acids is 2. The van der Waals surface area contributed by atoms with Crippen LogP contribution in [-0.4, -0.2) is 70.3 Å². The Hall–Kier alpha value is -1.07. The Kier molecular flexibility index (Phi) is 46.0. The van der Waals surface area contributed by atoms with Crippen molar-refractivity contribution < 1.29 is 38.9 Å². The van der Waals surface area contributed by atoms with Crippen molar-refractivity contribution in [1.82, 2.24) is 0 Å². The summed E-state index contributed by atoms with van der Waals surface area (Å²) in [7, 11) is 0. The zero-order valence-corrected chi connectivity index (χ0v) is 32.5. The van der Waals surface area contributed by atoms with E-state index in [1.54, 1.807) is 0 Å². The molecule has 11 heteroatoms. The van der Waals surface area contributed by atoms with Crippen LogP contribution in [0, 0.1) is 0 Å². The van der Waals surface area contributed by atoms with Gasteiger partial charge in [0.05, 0.1) is 38.9 Å². The van der Waals surface area contributed by atoms with E-state index in [2.05, 4.69) is 13.8 Å². The standard InChI is InChI=1S/2C18H34O4S.H2S/c2*1-2-3-4-5-6-7-8-9-10-11-14-22-18(21)13-16-23-15-12-17(19)20;/h2*2-16H2,1H3,(H,19,20);1H2. The maximum atomic E-state index is 11.4. The number of carboxylic acid groups (broad SMARTS) is 2. The molecule has 0 aromatic carbocycles. The topological polar surface area (TPSA) is 127 Å². The van der Waals surface area contributed by atoms with Crippen LogP contribution in [0.2, 0.25) is 0 Å². The third-order valence-electron chi connectivity index (χ3n) is 7.34. The summed E-state index contributed by atoms with van der Waals surface area (Å²) in [6, 6.07) is 0. The molecule has 0 aliphatic rings. The highest BCUT2D eigenvalue weighted by Crippen LogP contribution is 2.12. The molecule has 0 rings (SSSR count). The van der Waals surface area contributed by atoms with Gasteiger partial charge in [0.25, 0.3) is 0 Å². The first kappa shape index (κ1) is 50.3. The molecule has 0 atom stereocenters. The minimum Gasteiger partial charge on any atom is -0.481 e. The van der Waals surface area contributed by atoms with E-state index >= 15 is 0 Å². The second kappa shape index (κ2) is 43.0. The summed E-state index contributed by atoms with van der Waals surface area (Å²) in [5.41, 5.74) is 0. The molecule has 0 unspecified atom stereocenters. The normalized spacial score (nSPS) is 10.4. The van der Waals surface area contributed by atoms with Gasteiger partial charge in [0.1, 0.15) is 0 Å². The molecule has 0 aromatic heterocycles. The van der Waals surface area contributed by atoms with Gasteiger partial charge < -0.3 is 19.7 Å². The highest BCUT2D eigenvalue weighted by atomic mass is 32.2. The number of thioether (sulfide) groups is 2. The van der Waals surface area contributed by atoms with E-state index in [4.69, 9.17) is 19.7 Å². The molecular weight excluding hydrogens is 657 g/mol. The molecule has 280 valence electrons. The molecular formula is C36H70O8S3. The number of carbonyl (C=O) groups excluding carboxylic acids is 2. The van der Waals surface area contributed by atoms with Crippen molar-refractivity contribution >= 4 is 60.9 Å². The summed E-state index contributed by atoms with van der Waals surface area (Å²) >= 11 is 2.98. The Bertz CT molecular complexity index is 652. The summed E-state index contributed by atoms with van der Waals surface area (Å²) in [4.78, 5) is 43.5. The molecule has 0 aliphatic carbocycles. The van der Waals surface area contributed by atoms with Crippen LogP contribution in [0.3, 0.4) is 0 Å². The van der Waals surface area contributed by atoms with Gasteiger partial charge in [-0.1, -0.05) is 129 Å². The van der Waals surface area contributed by atoms with E-state index < -0.39 is 11.9 Å². The van der Waals surface area contributed by atoms with Crippen LogP contribution in [0.4, 0.5) is 0 Å². The van der Waals surface area contributed by atoms with E-state index in [0.717, 1.165) is 25.7 Å². The Labute approximate surface area is 302 Å². The predicted molar refractivity (Wildman–Crippen MR) is 204 cm³/mol. The monoisotopic (exact) mass is 726 g/mol. The summed E-state index contributed by atoms with van der Waals surface area (Å²) in [5, 5.41) is 17.0. The first-order chi connectivity index (χ1) is 22.3. The first-order valence-corrected chi connectivity index (χ1v) is 20.5. The third-order valence-corrected chi connectivity index (χ3v) is 9.31. The number of esters is 2. The van der Waals surface area contributed by atoms with Gasteiger partial charge in [-0.25, -0.2) is 0 Å². The van der Waals surface area contributed by atoms with Crippen LogP contribution in [0.5, 0.6) is 0 Å². The third kappa shape index (κ3) is 49.4. The predicted octanol–water partition coefficient (Wildman–Crippen LogP) is 10.2. The molecule has 0 aliphatic heterocycles. The highest BCUT2D eigenvalue weighted by Gasteiger charge is 2.05. The number of unbranched alkanes of at least 4 members (excludes halogenated alkanes) is 18. The zero-order valence-electron chi connectivity index (χ0n) is 29.9. The molecule has 0 saturated carbocycles. The fraction of sp³-hybridized carbons (Fsp3) is 0.889. The van der Waals surface area contributed by atoms with Crippen molar-refractivity contribution in [3.63, 3.8) is 0 Å². The fourth-order valence-corrected chi connectivity index (χ4v) is 6.20. The smallest absolute Gasteiger partial charge is 0.306 e. The first-order valence-electron chi connectivity index (χ1n) is 18.2. The van der Waals surface area contributed by atoms with Crippen LogP contribution >= 0.6 is 37.0 Å². The average molecular weight is 727 g/mol. The lowest BCUT2D eigenvalue weighted by atomic mass is 10.1. The average Bonchev–Trinajstić information content (AvgIpc) is 3.02. The van der Waals surface area contributed by atoms with Crippen LogP contribution in [0.1, 0.15) is 168 Å². The highest BCUT2D eigenvalue weighted by molar-refractivity contribution is 7.99. The van der Waals surface area contributed by atoms with Crippen molar-refractivity contribution in [3.8, 4) is 0 Å². The second-order valence-corrected chi connectivity index (χ2v) is 14.3. The molecule has 0 fully saturated rings. The van der Waals surface area contributed by atoms with E-state index in [9.17, 15) is 19.2 Å². The SMILES string of the molecule is CCCCCCCCCCCCOC(=O)CCSCCC(=O)O.CCCCCCCCCCCCOC(=O)CCSCCC(=O)O.S. The van der Waals surface area contributed by atoms with Crippen LogP contribution < -0.4 is 0 Å². The number of aliphatic carboxylic acids is 2. The van der Waals surface area contributed by atoms with Crippen molar-refractivity contribution in [3.05, 3.63) is 0 Å². The number of hydrogen-bond acceptors (Lipinski definition) is 8. The van der Waals surface area contributed by atoms with Gasteiger partial charge in [0.15, 0.2) is 0 Å². The zero-order chi connectivity index (χ0) is 34.4. The summed E-state index contributed by atoms with van der Waals surface area (Å²) in [6.07, 6.45) is 26.5. The van der Waals surface area contributed by atoms with Crippen molar-refractivity contribution in [1.29, 1.82) is 0 Å². The van der Waals surface area contributed by atoms with Gasteiger partial charge in [0, 0.05) is 23.0 Å². The molecule has 0 radical (unpaired) electrons. The number of ether oxygens (including phenoxy) is 2. The maximum absolute atomic E-state index is 11.4. The van der Waals surface area contributed by atoms with Crippen molar-refractivity contribution in [2.24, 2.45) is 0 Å². The summed E-state index contributed by atoms with van der Waals surface area (Å²) in [5.74, 6) is 0.491. The molecule has 47 heavy (non-hydrogen) atoms. The van der Waals surface area contributed by atoms with E-state index in [1.807, 2.05) is 0 Å². The minimum atomic E-state index is -0.791. The van der Waals surface area contributed by atoms with Gasteiger partial charge in [-0.15, -0.1) is 0 Å². The second-order valence-electron chi connectivity index (χ2n) is 11.8. The van der Waals surface area contributed by atoms with Crippen LogP contribution in [-0.2, 0) is 28.7 Å². The summed E-state index contributed by atoms with van der Waals surface area (Å²) in [6.45, 7) is 5.53. The number of rotatable bonds is 34. The Balaban J connectivity index is -0.000000807. The van der Waals surface area contributed by atoms with Gasteiger partial charge >= 0.3 is 23.9 Å². The molecule has 0 bridgehead atoms. The molecule has 0 amide bonds. The maximum Gasteiger partial charge on any atom is 0.306 e. The fourth-order valence-electron chi connectivity index (χ4n) is 4.53. The Morgan fingerprint density at radius 1 is 0.426 bits per heavy atom. The van der Waals surface area contributed by atoms with Gasteiger partial charge in [-0.3, -0.25) is 19.2 Å². The largest absolute Gasteiger partial charge is 0.481 e. The van der Waals surface area contributed by atoms with E-state index in [0.29, 0.717) is 49.1 Å². The minimum absolute atomic E-state index is 0. The van der Waals surface area contributed by atoms with Gasteiger partial charge in [0.2, 0.25) is 0 Å². The Morgan fingerprint density at radius 3 is 0.957 bits per heavy atom. The van der Waals surface area contributed by atoms with Crippen LogP contribution in [0.25, 0.3) is 0 Å². The number of carbonyl (C=O) groups is 4. The van der Waals surface area contributed by atoms with E-state index in [1.165, 1.54) is 126 Å². The lowest BCUT2D eigenvalue weighted by Crippen LogP contribution is -2.07. The van der Waals surface area contributed by atoms with Gasteiger partial charge in [-0.05, 0) is 12.8 Å². The lowest BCUT2D eigenvalue weighted by molar-refractivity contribution is -0.144. The molecule has 0 aromatic rings. The molecule has 0 saturated heterocycles. The Morgan fingerprint density at radius 2 is 0.681 bits per heavy atom. The molecule has 0 heterocycles. The lowest BCUT2D eigenvalue weighted by Gasteiger charge is -2.05. The molecule has 0 spiro atoms. The van der Waals surface area contributed by atoms with E-state index in [-0.39, 0.29) is 38.3 Å². The van der Waals surface area contributed by atoms with Crippen LogP contribution in [0.15, 0.2) is 0 Å². The quantitative estimate of drug-likeness (QED) is 0.0488. The van der Waals surface area contributed by atoms with Crippen molar-refractivity contribution in [2.45, 2.75) is 168 Å². The number of hydrogen-bond donors (Lipinski definition) is 2. The molecule has 2 N–H and O–H groups in total. The molecule has 8 nitrogen and oxygen atoms in total. The van der Waals surface area contributed by atoms with Crippen molar-refractivity contribution in [2.75, 3.05) is 36.2 Å². The summed E-state index contributed by atoms with van der Waals surface area (Å²) < 4.78 is 10.3.